The van der Waals surface area contributed by atoms with Crippen molar-refractivity contribution in [2.45, 2.75) is 0 Å². The van der Waals surface area contributed by atoms with Crippen molar-refractivity contribution in [2.75, 3.05) is 0 Å². The van der Waals surface area contributed by atoms with E-state index in [1.165, 1.54) is 0 Å². The van der Waals surface area contributed by atoms with E-state index in [-0.39, 0.29) is 0 Å². The number of carbonyl (C=O) groups excluding carboxylic acids is 1. The van der Waals surface area contributed by atoms with Gasteiger partial charge < -0.3 is 0 Å². The van der Waals surface area contributed by atoms with Crippen LogP contribution in [0.4, 0.5) is 0 Å². The van der Waals surface area contributed by atoms with Crippen LogP contribution in [0, 0.1) is 0 Å². The molecule has 0 aliphatic carbocycles. The molecule has 3 aromatic carbocycles. The first-order valence-corrected chi connectivity index (χ1v) is 7.09. The predicted molar refractivity (Wildman–Crippen MR) is 87.5 cm³/mol. The number of benzene rings is 3. The lowest BCUT2D eigenvalue weighted by atomic mass is 9.92. The van der Waals surface area contributed by atoms with Crippen molar-refractivity contribution < 1.29 is 4.79 Å². The molecule has 1 nitrogen and oxygen atoms in total. The first-order chi connectivity index (χ1) is 10.3. The van der Waals surface area contributed by atoms with E-state index in [2.05, 4.69) is 18.2 Å². The highest BCUT2D eigenvalue weighted by molar-refractivity contribution is 6.68. The summed E-state index contributed by atoms with van der Waals surface area (Å²) in [4.78, 5) is 11.7. The monoisotopic (exact) mass is 292 g/mol. The maximum Gasteiger partial charge on any atom is 0.253 e. The van der Waals surface area contributed by atoms with Gasteiger partial charge in [-0.2, -0.15) is 0 Å². The van der Waals surface area contributed by atoms with E-state index < -0.39 is 5.24 Å². The molecule has 0 amide bonds. The third-order valence-electron chi connectivity index (χ3n) is 3.44. The molecule has 0 heterocycles. The summed E-state index contributed by atoms with van der Waals surface area (Å²) in [7, 11) is 0. The summed E-state index contributed by atoms with van der Waals surface area (Å²) in [5.74, 6) is 0. The Balaban J connectivity index is 2.24. The Morgan fingerprint density at radius 1 is 0.619 bits per heavy atom. The third kappa shape index (κ3) is 2.74. The zero-order valence-electron chi connectivity index (χ0n) is 11.3. The molecule has 0 saturated heterocycles. The van der Waals surface area contributed by atoms with Crippen molar-refractivity contribution in [3.05, 3.63) is 84.4 Å². The molecular weight excluding hydrogens is 280 g/mol. The van der Waals surface area contributed by atoms with Crippen molar-refractivity contribution >= 4 is 16.8 Å². The molecule has 21 heavy (non-hydrogen) atoms. The molecule has 3 aromatic rings. The molecular formula is C19H13ClO. The van der Waals surface area contributed by atoms with Crippen LogP contribution in [0.1, 0.15) is 10.4 Å². The number of hydrogen-bond donors (Lipinski definition) is 0. The first kappa shape index (κ1) is 13.6. The molecule has 0 aliphatic heterocycles. The lowest BCUT2D eigenvalue weighted by Crippen LogP contribution is -1.94. The fourth-order valence-corrected chi connectivity index (χ4v) is 2.64. The Morgan fingerprint density at radius 3 is 1.81 bits per heavy atom. The van der Waals surface area contributed by atoms with Gasteiger partial charge in [0, 0.05) is 5.56 Å². The molecule has 2 heteroatoms. The maximum atomic E-state index is 11.7. The van der Waals surface area contributed by atoms with E-state index in [1.807, 2.05) is 54.6 Å². The van der Waals surface area contributed by atoms with Crippen molar-refractivity contribution in [3.63, 3.8) is 0 Å². The Kier molecular flexibility index (Phi) is 3.85. The van der Waals surface area contributed by atoms with E-state index in [0.717, 1.165) is 22.3 Å². The SMILES string of the molecule is O=C(Cl)c1ccccc1-c1ccccc1-c1ccccc1. The van der Waals surface area contributed by atoms with E-state index in [4.69, 9.17) is 11.6 Å². The van der Waals surface area contributed by atoms with Gasteiger partial charge in [-0.1, -0.05) is 72.8 Å². The summed E-state index contributed by atoms with van der Waals surface area (Å²) in [6, 6.07) is 25.6. The summed E-state index contributed by atoms with van der Waals surface area (Å²) in [5.41, 5.74) is 4.60. The average Bonchev–Trinajstić information content (AvgIpc) is 2.55. The molecule has 0 unspecified atom stereocenters. The first-order valence-electron chi connectivity index (χ1n) is 6.71. The van der Waals surface area contributed by atoms with E-state index >= 15 is 0 Å². The Labute approximate surface area is 128 Å². The second kappa shape index (κ2) is 5.94. The van der Waals surface area contributed by atoms with Crippen molar-refractivity contribution in [3.8, 4) is 22.3 Å². The van der Waals surface area contributed by atoms with Gasteiger partial charge in [-0.3, -0.25) is 4.79 Å². The topological polar surface area (TPSA) is 17.1 Å². The third-order valence-corrected chi connectivity index (χ3v) is 3.64. The fraction of sp³-hybridized carbons (Fsp3) is 0. The molecule has 3 rings (SSSR count). The minimum absolute atomic E-state index is 0.437. The molecule has 0 aliphatic rings. The Morgan fingerprint density at radius 2 is 1.14 bits per heavy atom. The largest absolute Gasteiger partial charge is 0.276 e. The van der Waals surface area contributed by atoms with E-state index in [9.17, 15) is 4.79 Å². The van der Waals surface area contributed by atoms with Crippen LogP contribution in [-0.2, 0) is 0 Å². The van der Waals surface area contributed by atoms with Gasteiger partial charge in [-0.25, -0.2) is 0 Å². The summed E-state index contributed by atoms with van der Waals surface area (Å²) < 4.78 is 0. The normalized spacial score (nSPS) is 10.3. The fourth-order valence-electron chi connectivity index (χ4n) is 2.48. The molecule has 0 spiro atoms. The second-order valence-electron chi connectivity index (χ2n) is 4.73. The van der Waals surface area contributed by atoms with Crippen molar-refractivity contribution in [1.29, 1.82) is 0 Å². The highest BCUT2D eigenvalue weighted by Gasteiger charge is 2.13. The standard InChI is InChI=1S/C19H13ClO/c20-19(21)18-13-7-6-12-17(18)16-11-5-4-10-15(16)14-8-2-1-3-9-14/h1-13H. The predicted octanol–water partition coefficient (Wildman–Crippen LogP) is 5.40. The maximum absolute atomic E-state index is 11.7. The second-order valence-corrected chi connectivity index (χ2v) is 5.07. The highest BCUT2D eigenvalue weighted by Crippen LogP contribution is 2.34. The lowest BCUT2D eigenvalue weighted by Gasteiger charge is -2.12. The highest BCUT2D eigenvalue weighted by atomic mass is 35.5. The molecule has 0 N–H and O–H groups in total. The van der Waals surface area contributed by atoms with Gasteiger partial charge >= 0.3 is 0 Å². The minimum Gasteiger partial charge on any atom is -0.276 e. The van der Waals surface area contributed by atoms with Gasteiger partial charge in [0.2, 0.25) is 0 Å². The number of carbonyl (C=O) groups is 1. The quantitative estimate of drug-likeness (QED) is 0.591. The Bertz CT molecular complexity index is 778. The molecule has 0 fully saturated rings. The molecule has 0 aromatic heterocycles. The van der Waals surface area contributed by atoms with Crippen LogP contribution >= 0.6 is 11.6 Å². The van der Waals surface area contributed by atoms with Crippen LogP contribution in [0.5, 0.6) is 0 Å². The van der Waals surface area contributed by atoms with Gasteiger partial charge in [-0.15, -0.1) is 0 Å². The van der Waals surface area contributed by atoms with Gasteiger partial charge in [0.05, 0.1) is 0 Å². The smallest absolute Gasteiger partial charge is 0.253 e. The lowest BCUT2D eigenvalue weighted by molar-refractivity contribution is 0.108. The van der Waals surface area contributed by atoms with Crippen molar-refractivity contribution in [2.24, 2.45) is 0 Å². The van der Waals surface area contributed by atoms with Gasteiger partial charge in [0.1, 0.15) is 0 Å². The molecule has 0 bridgehead atoms. The van der Waals surface area contributed by atoms with Crippen LogP contribution in [0.3, 0.4) is 0 Å². The van der Waals surface area contributed by atoms with Crippen LogP contribution < -0.4 is 0 Å². The summed E-state index contributed by atoms with van der Waals surface area (Å²) >= 11 is 5.72. The molecule has 0 radical (unpaired) electrons. The summed E-state index contributed by atoms with van der Waals surface area (Å²) in [5, 5.41) is -0.437. The average molecular weight is 293 g/mol. The van der Waals surface area contributed by atoms with Crippen LogP contribution in [-0.4, -0.2) is 5.24 Å². The van der Waals surface area contributed by atoms with Crippen LogP contribution in [0.15, 0.2) is 78.9 Å². The number of rotatable bonds is 3. The molecule has 102 valence electrons. The zero-order chi connectivity index (χ0) is 14.7. The Hall–Kier alpha value is -2.38. The molecule has 0 saturated carbocycles. The number of hydrogen-bond acceptors (Lipinski definition) is 1. The van der Waals surface area contributed by atoms with Crippen LogP contribution in [0.2, 0.25) is 0 Å². The van der Waals surface area contributed by atoms with Gasteiger partial charge in [-0.05, 0) is 39.9 Å². The summed E-state index contributed by atoms with van der Waals surface area (Å²) in [6.45, 7) is 0. The van der Waals surface area contributed by atoms with Gasteiger partial charge in [0.15, 0.2) is 0 Å². The van der Waals surface area contributed by atoms with E-state index in [0.29, 0.717) is 5.56 Å². The minimum atomic E-state index is -0.437. The van der Waals surface area contributed by atoms with Crippen molar-refractivity contribution in [1.82, 2.24) is 0 Å². The van der Waals surface area contributed by atoms with E-state index in [1.54, 1.807) is 6.07 Å². The molecule has 0 atom stereocenters. The summed E-state index contributed by atoms with van der Waals surface area (Å²) in [6.07, 6.45) is 0. The zero-order valence-corrected chi connectivity index (χ0v) is 12.0. The van der Waals surface area contributed by atoms with Gasteiger partial charge in [0.25, 0.3) is 5.24 Å². The number of halogens is 1. The van der Waals surface area contributed by atoms with Crippen LogP contribution in [0.25, 0.3) is 22.3 Å².